The van der Waals surface area contributed by atoms with Crippen molar-refractivity contribution in [3.05, 3.63) is 11.6 Å². The Morgan fingerprint density at radius 3 is 2.79 bits per heavy atom. The maximum Gasteiger partial charge on any atom is 0.142 e. The third-order valence-electron chi connectivity index (χ3n) is 3.14. The first-order chi connectivity index (χ1) is 6.47. The molecular formula is C11H17BrO2. The number of carbonyl (C=O) groups is 1. The molecule has 2 nitrogen and oxygen atoms in total. The molecule has 1 aliphatic carbocycles. The van der Waals surface area contributed by atoms with Crippen molar-refractivity contribution in [2.24, 2.45) is 5.92 Å². The average Bonchev–Trinajstić information content (AvgIpc) is 2.10. The van der Waals surface area contributed by atoms with E-state index >= 15 is 0 Å². The summed E-state index contributed by atoms with van der Waals surface area (Å²) in [4.78, 5) is 10.5. The highest BCUT2D eigenvalue weighted by molar-refractivity contribution is 9.09. The zero-order valence-electron chi connectivity index (χ0n) is 8.66. The van der Waals surface area contributed by atoms with E-state index in [0.29, 0.717) is 5.92 Å². The molecule has 0 aliphatic heterocycles. The predicted molar refractivity (Wildman–Crippen MR) is 60.5 cm³/mol. The molecule has 0 bridgehead atoms. The number of alkyl halides is 1. The lowest BCUT2D eigenvalue weighted by Crippen LogP contribution is -2.41. The highest BCUT2D eigenvalue weighted by atomic mass is 79.9. The maximum absolute atomic E-state index is 10.3. The Balaban J connectivity index is 2.63. The molecule has 3 atom stereocenters. The molecule has 0 heterocycles. The first-order valence-corrected chi connectivity index (χ1v) is 5.87. The number of hydrogen-bond donors (Lipinski definition) is 1. The van der Waals surface area contributed by atoms with Gasteiger partial charge >= 0.3 is 0 Å². The van der Waals surface area contributed by atoms with Crippen LogP contribution in [0.2, 0.25) is 0 Å². The second-order valence-corrected chi connectivity index (χ2v) is 5.45. The Morgan fingerprint density at radius 1 is 1.64 bits per heavy atom. The minimum absolute atomic E-state index is 0.128. The van der Waals surface area contributed by atoms with Crippen molar-refractivity contribution >= 4 is 22.2 Å². The molecule has 3 heteroatoms. The van der Waals surface area contributed by atoms with E-state index in [9.17, 15) is 9.90 Å². The summed E-state index contributed by atoms with van der Waals surface area (Å²) >= 11 is 3.50. The molecule has 0 aromatic carbocycles. The summed E-state index contributed by atoms with van der Waals surface area (Å²) < 4.78 is 0. The van der Waals surface area contributed by atoms with Crippen molar-refractivity contribution in [2.75, 3.05) is 0 Å². The van der Waals surface area contributed by atoms with Crippen LogP contribution in [0.3, 0.4) is 0 Å². The Kier molecular flexibility index (Phi) is 3.90. The second-order valence-electron chi connectivity index (χ2n) is 4.34. The standard InChI is InChI=1S/C11H17BrO2/c1-8(4-6-13)9-3-5-11(2,14)10(12)7-9/h4,6,9-10,14H,3,5,7H2,1-2H3. The Bertz CT molecular complexity index is 246. The normalized spacial score (nSPS) is 39.6. The summed E-state index contributed by atoms with van der Waals surface area (Å²) in [7, 11) is 0. The van der Waals surface area contributed by atoms with Crippen LogP contribution in [0.5, 0.6) is 0 Å². The van der Waals surface area contributed by atoms with Gasteiger partial charge in [-0.3, -0.25) is 4.79 Å². The van der Waals surface area contributed by atoms with Crippen LogP contribution in [0.25, 0.3) is 0 Å². The largest absolute Gasteiger partial charge is 0.389 e. The zero-order chi connectivity index (χ0) is 10.8. The fourth-order valence-corrected chi connectivity index (χ4v) is 2.58. The van der Waals surface area contributed by atoms with Gasteiger partial charge in [-0.1, -0.05) is 21.5 Å². The van der Waals surface area contributed by atoms with Crippen molar-refractivity contribution in [2.45, 2.75) is 43.5 Å². The molecule has 0 aromatic rings. The quantitative estimate of drug-likeness (QED) is 0.471. The summed E-state index contributed by atoms with van der Waals surface area (Å²) in [5.74, 6) is 0.435. The fourth-order valence-electron chi connectivity index (χ4n) is 1.90. The lowest BCUT2D eigenvalue weighted by atomic mass is 9.77. The number of allylic oxidation sites excluding steroid dienone is 2. The molecule has 0 saturated heterocycles. The predicted octanol–water partition coefficient (Wildman–Crippen LogP) is 2.45. The number of rotatable bonds is 2. The van der Waals surface area contributed by atoms with E-state index in [2.05, 4.69) is 15.9 Å². The van der Waals surface area contributed by atoms with Crippen LogP contribution >= 0.6 is 15.9 Å². The van der Waals surface area contributed by atoms with Crippen LogP contribution in [0.1, 0.15) is 33.1 Å². The zero-order valence-corrected chi connectivity index (χ0v) is 10.3. The van der Waals surface area contributed by atoms with Crippen LogP contribution in [-0.4, -0.2) is 21.8 Å². The number of aliphatic hydroxyl groups is 1. The van der Waals surface area contributed by atoms with Crippen LogP contribution in [0.4, 0.5) is 0 Å². The summed E-state index contributed by atoms with van der Waals surface area (Å²) in [5.41, 5.74) is 0.526. The van der Waals surface area contributed by atoms with Gasteiger partial charge < -0.3 is 5.11 Å². The van der Waals surface area contributed by atoms with E-state index in [0.717, 1.165) is 31.1 Å². The first-order valence-electron chi connectivity index (χ1n) is 4.96. The minimum Gasteiger partial charge on any atom is -0.389 e. The van der Waals surface area contributed by atoms with Gasteiger partial charge in [-0.05, 0) is 45.1 Å². The lowest BCUT2D eigenvalue weighted by molar-refractivity contribution is -0.104. The van der Waals surface area contributed by atoms with Crippen LogP contribution < -0.4 is 0 Å². The van der Waals surface area contributed by atoms with Gasteiger partial charge in [-0.15, -0.1) is 0 Å². The third-order valence-corrected chi connectivity index (χ3v) is 4.50. The van der Waals surface area contributed by atoms with Crippen LogP contribution in [-0.2, 0) is 4.79 Å². The monoisotopic (exact) mass is 260 g/mol. The second kappa shape index (κ2) is 4.58. The van der Waals surface area contributed by atoms with Crippen molar-refractivity contribution in [3.63, 3.8) is 0 Å². The van der Waals surface area contributed by atoms with Gasteiger partial charge in [-0.25, -0.2) is 0 Å². The van der Waals surface area contributed by atoms with Gasteiger partial charge in [0.15, 0.2) is 0 Å². The minimum atomic E-state index is -0.599. The first kappa shape index (κ1) is 11.9. The smallest absolute Gasteiger partial charge is 0.142 e. The SMILES string of the molecule is CC(=CC=O)C1CCC(C)(O)C(Br)C1. The van der Waals surface area contributed by atoms with Crippen molar-refractivity contribution < 1.29 is 9.90 Å². The molecule has 0 amide bonds. The van der Waals surface area contributed by atoms with Crippen molar-refractivity contribution in [1.29, 1.82) is 0 Å². The molecule has 0 aromatic heterocycles. The number of halogens is 1. The number of aldehydes is 1. The summed E-state index contributed by atoms with van der Waals surface area (Å²) in [6.07, 6.45) is 5.13. The van der Waals surface area contributed by atoms with E-state index in [4.69, 9.17) is 0 Å². The molecule has 3 unspecified atom stereocenters. The van der Waals surface area contributed by atoms with Gasteiger partial charge in [0, 0.05) is 4.83 Å². The molecule has 1 N–H and O–H groups in total. The van der Waals surface area contributed by atoms with E-state index in [1.807, 2.05) is 13.8 Å². The third kappa shape index (κ3) is 2.67. The van der Waals surface area contributed by atoms with Crippen LogP contribution in [0.15, 0.2) is 11.6 Å². The van der Waals surface area contributed by atoms with Crippen molar-refractivity contribution in [3.8, 4) is 0 Å². The van der Waals surface area contributed by atoms with E-state index < -0.39 is 5.60 Å². The Labute approximate surface area is 93.5 Å². The van der Waals surface area contributed by atoms with E-state index in [-0.39, 0.29) is 4.83 Å². The molecular weight excluding hydrogens is 244 g/mol. The van der Waals surface area contributed by atoms with Crippen molar-refractivity contribution in [1.82, 2.24) is 0 Å². The maximum atomic E-state index is 10.3. The number of hydrogen-bond acceptors (Lipinski definition) is 2. The van der Waals surface area contributed by atoms with Gasteiger partial charge in [0.25, 0.3) is 0 Å². The summed E-state index contributed by atoms with van der Waals surface area (Å²) in [6.45, 7) is 3.85. The Morgan fingerprint density at radius 2 is 2.29 bits per heavy atom. The van der Waals surface area contributed by atoms with Gasteiger partial charge in [0.05, 0.1) is 5.60 Å². The molecule has 14 heavy (non-hydrogen) atoms. The molecule has 0 spiro atoms. The highest BCUT2D eigenvalue weighted by Gasteiger charge is 2.36. The highest BCUT2D eigenvalue weighted by Crippen LogP contribution is 2.39. The van der Waals surface area contributed by atoms with E-state index in [1.54, 1.807) is 6.08 Å². The summed E-state index contributed by atoms with van der Waals surface area (Å²) in [5, 5.41) is 9.94. The average molecular weight is 261 g/mol. The van der Waals surface area contributed by atoms with Gasteiger partial charge in [0.1, 0.15) is 6.29 Å². The van der Waals surface area contributed by atoms with Crippen LogP contribution in [0, 0.1) is 5.92 Å². The fraction of sp³-hybridized carbons (Fsp3) is 0.727. The molecule has 1 rings (SSSR count). The van der Waals surface area contributed by atoms with Gasteiger partial charge in [0.2, 0.25) is 0 Å². The molecule has 1 saturated carbocycles. The van der Waals surface area contributed by atoms with Gasteiger partial charge in [-0.2, -0.15) is 0 Å². The van der Waals surface area contributed by atoms with E-state index in [1.165, 1.54) is 0 Å². The summed E-state index contributed by atoms with van der Waals surface area (Å²) in [6, 6.07) is 0. The number of carbonyl (C=O) groups excluding carboxylic acids is 1. The Hall–Kier alpha value is -0.150. The molecule has 1 fully saturated rings. The molecule has 0 radical (unpaired) electrons. The molecule has 80 valence electrons. The molecule has 1 aliphatic rings. The topological polar surface area (TPSA) is 37.3 Å². The lowest BCUT2D eigenvalue weighted by Gasteiger charge is -2.38.